The normalized spacial score (nSPS) is 21.7. The standard InChI is InChI=1S/C16H21N3O/c1-12-4-2-6-14(10-12)19-16(20)15-7-9-18-11-13(15)5-3-8-17/h7,9,11-12,14H,2,4,6,8,10,17H2,1H3,(H,19,20). The van der Waals surface area contributed by atoms with Crippen LogP contribution < -0.4 is 11.1 Å². The van der Waals surface area contributed by atoms with E-state index in [0.717, 1.165) is 12.8 Å². The summed E-state index contributed by atoms with van der Waals surface area (Å²) in [5.41, 5.74) is 6.59. The molecule has 1 aromatic rings. The molecule has 0 saturated heterocycles. The van der Waals surface area contributed by atoms with Gasteiger partial charge in [0.2, 0.25) is 0 Å². The van der Waals surface area contributed by atoms with Gasteiger partial charge in [-0.15, -0.1) is 0 Å². The number of nitrogens with one attached hydrogen (secondary N) is 1. The Bertz CT molecular complexity index is 530. The molecule has 20 heavy (non-hydrogen) atoms. The summed E-state index contributed by atoms with van der Waals surface area (Å²) in [4.78, 5) is 16.4. The van der Waals surface area contributed by atoms with E-state index in [2.05, 4.69) is 29.1 Å². The number of aromatic nitrogens is 1. The third kappa shape index (κ3) is 3.82. The number of pyridine rings is 1. The Kier molecular flexibility index (Phi) is 5.14. The minimum Gasteiger partial charge on any atom is -0.349 e. The van der Waals surface area contributed by atoms with Crippen LogP contribution in [0.1, 0.15) is 48.5 Å². The number of hydrogen-bond acceptors (Lipinski definition) is 3. The van der Waals surface area contributed by atoms with Crippen LogP contribution in [-0.2, 0) is 0 Å². The summed E-state index contributed by atoms with van der Waals surface area (Å²) >= 11 is 0. The molecule has 1 heterocycles. The number of nitrogens with two attached hydrogens (primary N) is 1. The molecule has 1 aliphatic rings. The highest BCUT2D eigenvalue weighted by Gasteiger charge is 2.21. The third-order valence-corrected chi connectivity index (χ3v) is 3.66. The van der Waals surface area contributed by atoms with Gasteiger partial charge in [0.1, 0.15) is 0 Å². The smallest absolute Gasteiger partial charge is 0.252 e. The van der Waals surface area contributed by atoms with Gasteiger partial charge >= 0.3 is 0 Å². The molecule has 3 N–H and O–H groups in total. The molecule has 0 aromatic carbocycles. The first-order chi connectivity index (χ1) is 9.70. The van der Waals surface area contributed by atoms with Crippen molar-refractivity contribution in [3.8, 4) is 11.8 Å². The molecular weight excluding hydrogens is 250 g/mol. The van der Waals surface area contributed by atoms with Gasteiger partial charge in [-0.1, -0.05) is 31.6 Å². The molecule has 106 valence electrons. The maximum absolute atomic E-state index is 12.4. The molecule has 1 fully saturated rings. The van der Waals surface area contributed by atoms with Crippen molar-refractivity contribution in [2.45, 2.75) is 38.6 Å². The van der Waals surface area contributed by atoms with Gasteiger partial charge in [-0.25, -0.2) is 0 Å². The van der Waals surface area contributed by atoms with E-state index in [1.54, 1.807) is 18.5 Å². The predicted molar refractivity (Wildman–Crippen MR) is 79.1 cm³/mol. The van der Waals surface area contributed by atoms with Gasteiger partial charge in [-0.05, 0) is 24.8 Å². The first kappa shape index (κ1) is 14.5. The number of rotatable bonds is 2. The van der Waals surface area contributed by atoms with Crippen molar-refractivity contribution in [2.75, 3.05) is 6.54 Å². The van der Waals surface area contributed by atoms with Crippen LogP contribution in [0.3, 0.4) is 0 Å². The molecule has 0 bridgehead atoms. The van der Waals surface area contributed by atoms with Crippen LogP contribution in [0.5, 0.6) is 0 Å². The van der Waals surface area contributed by atoms with Crippen LogP contribution in [0.2, 0.25) is 0 Å². The van der Waals surface area contributed by atoms with Gasteiger partial charge in [0.25, 0.3) is 5.91 Å². The molecule has 4 nitrogen and oxygen atoms in total. The van der Waals surface area contributed by atoms with Crippen molar-refractivity contribution < 1.29 is 4.79 Å². The molecule has 1 aliphatic carbocycles. The number of carbonyl (C=O) groups is 1. The van der Waals surface area contributed by atoms with E-state index in [-0.39, 0.29) is 18.5 Å². The fourth-order valence-corrected chi connectivity index (χ4v) is 2.67. The SMILES string of the molecule is CC1CCCC(NC(=O)c2ccncc2C#CCN)C1. The Hall–Kier alpha value is -1.86. The van der Waals surface area contributed by atoms with E-state index < -0.39 is 0 Å². The summed E-state index contributed by atoms with van der Waals surface area (Å²) < 4.78 is 0. The van der Waals surface area contributed by atoms with E-state index in [0.29, 0.717) is 17.0 Å². The van der Waals surface area contributed by atoms with E-state index in [9.17, 15) is 4.79 Å². The van der Waals surface area contributed by atoms with Crippen LogP contribution in [0.25, 0.3) is 0 Å². The highest BCUT2D eigenvalue weighted by Crippen LogP contribution is 2.23. The number of amides is 1. The van der Waals surface area contributed by atoms with E-state index in [4.69, 9.17) is 5.73 Å². The Morgan fingerprint density at radius 1 is 1.55 bits per heavy atom. The molecular formula is C16H21N3O. The molecule has 4 heteroatoms. The Morgan fingerprint density at radius 2 is 2.40 bits per heavy atom. The van der Waals surface area contributed by atoms with Gasteiger partial charge in [0.05, 0.1) is 17.7 Å². The number of hydrogen-bond donors (Lipinski definition) is 2. The van der Waals surface area contributed by atoms with E-state index in [1.807, 2.05) is 0 Å². The highest BCUT2D eigenvalue weighted by atomic mass is 16.1. The van der Waals surface area contributed by atoms with Crippen LogP contribution in [0.15, 0.2) is 18.5 Å². The molecule has 0 radical (unpaired) electrons. The van der Waals surface area contributed by atoms with Crippen LogP contribution in [0.4, 0.5) is 0 Å². The average Bonchev–Trinajstić information content (AvgIpc) is 2.45. The lowest BCUT2D eigenvalue weighted by atomic mass is 9.87. The molecule has 2 atom stereocenters. The summed E-state index contributed by atoms with van der Waals surface area (Å²) in [6, 6.07) is 1.98. The maximum atomic E-state index is 12.4. The van der Waals surface area contributed by atoms with Gasteiger partial charge in [-0.3, -0.25) is 9.78 Å². The minimum absolute atomic E-state index is 0.0622. The third-order valence-electron chi connectivity index (χ3n) is 3.66. The second-order valence-electron chi connectivity index (χ2n) is 5.37. The summed E-state index contributed by atoms with van der Waals surface area (Å²) in [5, 5.41) is 3.12. The Labute approximate surface area is 120 Å². The first-order valence-corrected chi connectivity index (χ1v) is 7.14. The van der Waals surface area contributed by atoms with Gasteiger partial charge < -0.3 is 11.1 Å². The van der Waals surface area contributed by atoms with E-state index >= 15 is 0 Å². The van der Waals surface area contributed by atoms with Crippen molar-refractivity contribution in [1.82, 2.24) is 10.3 Å². The monoisotopic (exact) mass is 271 g/mol. The van der Waals surface area contributed by atoms with Crippen molar-refractivity contribution in [3.05, 3.63) is 29.6 Å². The minimum atomic E-state index is -0.0622. The maximum Gasteiger partial charge on any atom is 0.252 e. The second-order valence-corrected chi connectivity index (χ2v) is 5.37. The van der Waals surface area contributed by atoms with E-state index in [1.165, 1.54) is 12.8 Å². The Morgan fingerprint density at radius 3 is 3.15 bits per heavy atom. The Balaban J connectivity index is 2.09. The lowest BCUT2D eigenvalue weighted by Gasteiger charge is -2.27. The van der Waals surface area contributed by atoms with Gasteiger partial charge in [-0.2, -0.15) is 0 Å². The first-order valence-electron chi connectivity index (χ1n) is 7.14. The van der Waals surface area contributed by atoms with Gasteiger partial charge in [0.15, 0.2) is 0 Å². The fraction of sp³-hybridized carbons (Fsp3) is 0.500. The largest absolute Gasteiger partial charge is 0.349 e. The molecule has 1 aromatic heterocycles. The molecule has 1 saturated carbocycles. The molecule has 2 unspecified atom stereocenters. The van der Waals surface area contributed by atoms with Crippen LogP contribution in [-0.4, -0.2) is 23.5 Å². The summed E-state index contributed by atoms with van der Waals surface area (Å²) in [6.45, 7) is 2.51. The zero-order valence-corrected chi connectivity index (χ0v) is 11.9. The summed E-state index contributed by atoms with van der Waals surface area (Å²) in [6.07, 6.45) is 7.79. The van der Waals surface area contributed by atoms with Gasteiger partial charge in [0, 0.05) is 18.4 Å². The average molecular weight is 271 g/mol. The molecule has 0 aliphatic heterocycles. The highest BCUT2D eigenvalue weighted by molar-refractivity contribution is 5.96. The summed E-state index contributed by atoms with van der Waals surface area (Å²) in [7, 11) is 0. The molecule has 1 amide bonds. The van der Waals surface area contributed by atoms with Crippen molar-refractivity contribution in [1.29, 1.82) is 0 Å². The predicted octanol–water partition coefficient (Wildman–Crippen LogP) is 1.70. The lowest BCUT2D eigenvalue weighted by molar-refractivity contribution is 0.0921. The number of nitrogens with zero attached hydrogens (tertiary/aromatic N) is 1. The fourth-order valence-electron chi connectivity index (χ4n) is 2.67. The van der Waals surface area contributed by atoms with Crippen LogP contribution in [0, 0.1) is 17.8 Å². The topological polar surface area (TPSA) is 68.0 Å². The van der Waals surface area contributed by atoms with Crippen molar-refractivity contribution in [3.63, 3.8) is 0 Å². The second kappa shape index (κ2) is 7.06. The lowest BCUT2D eigenvalue weighted by Crippen LogP contribution is -2.38. The van der Waals surface area contributed by atoms with Crippen molar-refractivity contribution >= 4 is 5.91 Å². The van der Waals surface area contributed by atoms with Crippen molar-refractivity contribution in [2.24, 2.45) is 11.7 Å². The quantitative estimate of drug-likeness (QED) is 0.804. The zero-order valence-electron chi connectivity index (χ0n) is 11.9. The summed E-state index contributed by atoms with van der Waals surface area (Å²) in [5.74, 6) is 6.29. The molecule has 2 rings (SSSR count). The number of carbonyl (C=O) groups excluding carboxylic acids is 1. The van der Waals surface area contributed by atoms with Crippen LogP contribution >= 0.6 is 0 Å². The molecule has 0 spiro atoms. The zero-order chi connectivity index (χ0) is 14.4.